The molecule has 0 saturated heterocycles. The largest absolute Gasteiger partial charge is 0.345 e. The summed E-state index contributed by atoms with van der Waals surface area (Å²) < 4.78 is 0. The molecule has 0 aliphatic heterocycles. The van der Waals surface area contributed by atoms with E-state index in [0.29, 0.717) is 5.69 Å². The fraction of sp³-hybridized carbons (Fsp3) is 0.286. The Labute approximate surface area is 101 Å². The number of H-pyrrole nitrogens is 1. The summed E-state index contributed by atoms with van der Waals surface area (Å²) in [5.41, 5.74) is 3.83. The Morgan fingerprint density at radius 3 is 2.41 bits per heavy atom. The number of hydrogen-bond donors (Lipinski definition) is 1. The first-order valence-electron chi connectivity index (χ1n) is 5.68. The zero-order chi connectivity index (χ0) is 12.4. The first-order chi connectivity index (χ1) is 8.06. The average Bonchev–Trinajstić information content (AvgIpc) is 2.63. The maximum Gasteiger partial charge on any atom is 0.179 e. The summed E-state index contributed by atoms with van der Waals surface area (Å²) in [7, 11) is 0. The van der Waals surface area contributed by atoms with Crippen molar-refractivity contribution in [3.63, 3.8) is 0 Å². The fourth-order valence-electron chi connectivity index (χ4n) is 1.85. The van der Waals surface area contributed by atoms with Gasteiger partial charge in [0.05, 0.1) is 0 Å². The zero-order valence-electron chi connectivity index (χ0n) is 10.4. The number of Topliss-reactive ketones (excluding diaryl/α,β-unsaturated/α-hetero) is 1. The van der Waals surface area contributed by atoms with Gasteiger partial charge in [-0.15, -0.1) is 0 Å². The minimum absolute atomic E-state index is 0.00825. The Morgan fingerprint density at radius 1 is 1.24 bits per heavy atom. The number of aromatic nitrogens is 2. The van der Waals surface area contributed by atoms with Crippen molar-refractivity contribution >= 4 is 5.78 Å². The number of carbonyl (C=O) groups is 1. The van der Waals surface area contributed by atoms with Crippen LogP contribution in [0, 0.1) is 13.8 Å². The van der Waals surface area contributed by atoms with Gasteiger partial charge in [0.1, 0.15) is 11.5 Å². The van der Waals surface area contributed by atoms with E-state index in [1.165, 1.54) is 11.1 Å². The fourth-order valence-corrected chi connectivity index (χ4v) is 1.85. The molecule has 0 spiro atoms. The van der Waals surface area contributed by atoms with Crippen LogP contribution < -0.4 is 0 Å². The Hall–Kier alpha value is -1.90. The predicted octanol–water partition coefficient (Wildman–Crippen LogP) is 2.82. The highest BCUT2D eigenvalue weighted by molar-refractivity contribution is 5.93. The van der Waals surface area contributed by atoms with E-state index in [9.17, 15) is 4.79 Å². The Kier molecular flexibility index (Phi) is 3.09. The molecule has 0 atom stereocenters. The van der Waals surface area contributed by atoms with Crippen LogP contribution in [0.3, 0.4) is 0 Å². The molecule has 0 aliphatic carbocycles. The number of hydrogen-bond acceptors (Lipinski definition) is 2. The van der Waals surface area contributed by atoms with E-state index in [2.05, 4.69) is 41.2 Å². The van der Waals surface area contributed by atoms with E-state index >= 15 is 0 Å². The van der Waals surface area contributed by atoms with Gasteiger partial charge < -0.3 is 4.98 Å². The van der Waals surface area contributed by atoms with Crippen LogP contribution in [-0.4, -0.2) is 15.8 Å². The molecule has 1 aromatic carbocycles. The maximum absolute atomic E-state index is 11.3. The van der Waals surface area contributed by atoms with Crippen molar-refractivity contribution in [1.29, 1.82) is 0 Å². The summed E-state index contributed by atoms with van der Waals surface area (Å²) in [4.78, 5) is 18.8. The maximum atomic E-state index is 11.3. The molecule has 0 unspecified atom stereocenters. The summed E-state index contributed by atoms with van der Waals surface area (Å²) in [6.07, 6.45) is 0.731. The molecule has 17 heavy (non-hydrogen) atoms. The van der Waals surface area contributed by atoms with Crippen LogP contribution in [0.25, 0.3) is 0 Å². The lowest BCUT2D eigenvalue weighted by Gasteiger charge is -1.98. The highest BCUT2D eigenvalue weighted by atomic mass is 16.1. The van der Waals surface area contributed by atoms with Gasteiger partial charge in [-0.1, -0.05) is 29.8 Å². The Bertz CT molecular complexity index is 538. The second-order valence-electron chi connectivity index (χ2n) is 4.38. The molecule has 0 radical (unpaired) electrons. The van der Waals surface area contributed by atoms with Gasteiger partial charge in [-0.25, -0.2) is 4.98 Å². The third kappa shape index (κ3) is 2.61. The summed E-state index contributed by atoms with van der Waals surface area (Å²) in [5.74, 6) is 0.852. The molecule has 1 heterocycles. The van der Waals surface area contributed by atoms with Crippen LogP contribution in [-0.2, 0) is 6.42 Å². The van der Waals surface area contributed by atoms with Crippen molar-refractivity contribution in [2.24, 2.45) is 0 Å². The molecule has 0 amide bonds. The molecule has 1 aromatic heterocycles. The SMILES string of the molecule is CC(=O)c1nc(Cc2ccc(C)cc2)[nH]c1C. The number of aryl methyl sites for hydroxylation is 2. The number of aromatic amines is 1. The molecule has 2 rings (SSSR count). The minimum Gasteiger partial charge on any atom is -0.345 e. The second kappa shape index (κ2) is 4.53. The van der Waals surface area contributed by atoms with E-state index in [1.807, 2.05) is 6.92 Å². The van der Waals surface area contributed by atoms with Crippen LogP contribution in [0.2, 0.25) is 0 Å². The summed E-state index contributed by atoms with van der Waals surface area (Å²) >= 11 is 0. The summed E-state index contributed by atoms with van der Waals surface area (Å²) in [5, 5.41) is 0. The molecule has 2 aromatic rings. The molecular weight excluding hydrogens is 212 g/mol. The van der Waals surface area contributed by atoms with Crippen molar-refractivity contribution in [2.45, 2.75) is 27.2 Å². The smallest absolute Gasteiger partial charge is 0.179 e. The molecule has 88 valence electrons. The number of ketones is 1. The van der Waals surface area contributed by atoms with Crippen molar-refractivity contribution in [2.75, 3.05) is 0 Å². The summed E-state index contributed by atoms with van der Waals surface area (Å²) in [6, 6.07) is 8.33. The number of nitrogens with zero attached hydrogens (tertiary/aromatic N) is 1. The van der Waals surface area contributed by atoms with E-state index in [1.54, 1.807) is 6.92 Å². The van der Waals surface area contributed by atoms with Gasteiger partial charge in [-0.05, 0) is 19.4 Å². The van der Waals surface area contributed by atoms with Gasteiger partial charge in [0.15, 0.2) is 5.78 Å². The molecular formula is C14H16N2O. The van der Waals surface area contributed by atoms with Gasteiger partial charge in [0.25, 0.3) is 0 Å². The normalized spacial score (nSPS) is 10.5. The highest BCUT2D eigenvalue weighted by Crippen LogP contribution is 2.11. The zero-order valence-corrected chi connectivity index (χ0v) is 10.4. The van der Waals surface area contributed by atoms with Crippen LogP contribution in [0.4, 0.5) is 0 Å². The Morgan fingerprint density at radius 2 is 1.88 bits per heavy atom. The van der Waals surface area contributed by atoms with Crippen molar-refractivity contribution in [3.8, 4) is 0 Å². The number of rotatable bonds is 3. The second-order valence-corrected chi connectivity index (χ2v) is 4.38. The number of carbonyl (C=O) groups excluding carboxylic acids is 1. The first-order valence-corrected chi connectivity index (χ1v) is 5.68. The molecule has 3 nitrogen and oxygen atoms in total. The van der Waals surface area contributed by atoms with Gasteiger partial charge in [0, 0.05) is 19.0 Å². The quantitative estimate of drug-likeness (QED) is 0.821. The predicted molar refractivity (Wildman–Crippen MR) is 67.3 cm³/mol. The number of benzene rings is 1. The van der Waals surface area contributed by atoms with E-state index < -0.39 is 0 Å². The lowest BCUT2D eigenvalue weighted by atomic mass is 10.1. The van der Waals surface area contributed by atoms with Crippen molar-refractivity contribution in [3.05, 3.63) is 52.6 Å². The molecule has 0 bridgehead atoms. The topological polar surface area (TPSA) is 45.8 Å². The first kappa shape index (κ1) is 11.6. The highest BCUT2D eigenvalue weighted by Gasteiger charge is 2.10. The van der Waals surface area contributed by atoms with Crippen LogP contribution >= 0.6 is 0 Å². The molecule has 0 aliphatic rings. The lowest BCUT2D eigenvalue weighted by Crippen LogP contribution is -1.95. The van der Waals surface area contributed by atoms with Crippen LogP contribution in [0.1, 0.15) is 40.1 Å². The molecule has 0 fully saturated rings. The minimum atomic E-state index is 0.00825. The van der Waals surface area contributed by atoms with Crippen LogP contribution in [0.15, 0.2) is 24.3 Å². The Balaban J connectivity index is 2.22. The number of imidazole rings is 1. The van der Waals surface area contributed by atoms with Gasteiger partial charge in [-0.3, -0.25) is 4.79 Å². The average molecular weight is 228 g/mol. The third-order valence-corrected chi connectivity index (χ3v) is 2.76. The van der Waals surface area contributed by atoms with E-state index in [0.717, 1.165) is 17.9 Å². The molecule has 1 N–H and O–H groups in total. The van der Waals surface area contributed by atoms with Gasteiger partial charge in [-0.2, -0.15) is 0 Å². The molecule has 0 saturated carbocycles. The monoisotopic (exact) mass is 228 g/mol. The number of nitrogens with one attached hydrogen (secondary N) is 1. The van der Waals surface area contributed by atoms with Crippen LogP contribution in [0.5, 0.6) is 0 Å². The molecule has 3 heteroatoms. The van der Waals surface area contributed by atoms with Crippen molar-refractivity contribution in [1.82, 2.24) is 9.97 Å². The standard InChI is InChI=1S/C14H16N2O/c1-9-4-6-12(7-5-9)8-13-15-10(2)14(16-13)11(3)17/h4-7H,8H2,1-3H3,(H,15,16). The summed E-state index contributed by atoms with van der Waals surface area (Å²) in [6.45, 7) is 5.48. The van der Waals surface area contributed by atoms with E-state index in [4.69, 9.17) is 0 Å². The lowest BCUT2D eigenvalue weighted by molar-refractivity contribution is 0.101. The third-order valence-electron chi connectivity index (χ3n) is 2.76. The van der Waals surface area contributed by atoms with E-state index in [-0.39, 0.29) is 5.78 Å². The van der Waals surface area contributed by atoms with Gasteiger partial charge in [0.2, 0.25) is 0 Å². The van der Waals surface area contributed by atoms with Gasteiger partial charge >= 0.3 is 0 Å². The van der Waals surface area contributed by atoms with Crippen molar-refractivity contribution < 1.29 is 4.79 Å².